The highest BCUT2D eigenvalue weighted by Crippen LogP contribution is 2.22. The molecule has 0 bridgehead atoms. The van der Waals surface area contributed by atoms with Crippen LogP contribution in [0.2, 0.25) is 0 Å². The maximum absolute atomic E-state index is 13.1. The molecule has 1 fully saturated rings. The number of aliphatic hydroxyl groups is 3. The molecule has 0 aromatic heterocycles. The van der Waals surface area contributed by atoms with Crippen LogP contribution < -0.4 is 16.0 Å². The smallest absolute Gasteiger partial charge is 0.335 e. The molecule has 0 spiro atoms. The number of likely N-dealkylation sites (N-methyl/N-ethyl adjacent to an activating group) is 1. The minimum absolute atomic E-state index is 0.134. The first-order chi connectivity index (χ1) is 17.8. The van der Waals surface area contributed by atoms with E-state index < -0.39 is 73.6 Å². The SMILES string of the molecule is [2H]C(=O)OCc1ccc(NC(=O)C(COC2OC(C(=O)O)C(O)C(O)C2O)NC(=O)C(NC)C(C)C)cc1. The van der Waals surface area contributed by atoms with Crippen molar-refractivity contribution in [2.45, 2.75) is 63.2 Å². The predicted octanol–water partition coefficient (Wildman–Crippen LogP) is -2.06. The van der Waals surface area contributed by atoms with Crippen molar-refractivity contribution in [2.75, 3.05) is 19.0 Å². The first kappa shape index (κ1) is 28.4. The van der Waals surface area contributed by atoms with E-state index in [-0.39, 0.29) is 12.5 Å². The molecule has 1 aromatic rings. The van der Waals surface area contributed by atoms with Gasteiger partial charge in [-0.25, -0.2) is 4.79 Å². The predicted molar refractivity (Wildman–Crippen MR) is 126 cm³/mol. The Balaban J connectivity index is 2.16. The number of aliphatic carboxylic acids is 1. The summed E-state index contributed by atoms with van der Waals surface area (Å²) < 4.78 is 21.8. The molecule has 2 rings (SSSR count). The van der Waals surface area contributed by atoms with Gasteiger partial charge in [-0.15, -0.1) is 0 Å². The summed E-state index contributed by atoms with van der Waals surface area (Å²) in [6.07, 6.45) is -10.5. The minimum Gasteiger partial charge on any atom is -0.479 e. The lowest BCUT2D eigenvalue weighted by Crippen LogP contribution is -2.61. The van der Waals surface area contributed by atoms with Crippen LogP contribution in [0.1, 0.15) is 20.8 Å². The molecular weight excluding hydrogens is 494 g/mol. The second-order valence-electron chi connectivity index (χ2n) is 8.70. The summed E-state index contributed by atoms with van der Waals surface area (Å²) in [6.45, 7) is 2.85. The number of carbonyl (C=O) groups is 4. The zero-order valence-corrected chi connectivity index (χ0v) is 20.5. The molecule has 37 heavy (non-hydrogen) atoms. The van der Waals surface area contributed by atoms with Gasteiger partial charge in [0, 0.05) is 5.69 Å². The van der Waals surface area contributed by atoms with E-state index in [2.05, 4.69) is 20.7 Å². The van der Waals surface area contributed by atoms with Gasteiger partial charge in [-0.2, -0.15) is 0 Å². The molecule has 7 atom stereocenters. The number of nitrogens with one attached hydrogen (secondary N) is 3. The molecule has 0 aliphatic carbocycles. The molecule has 14 heteroatoms. The van der Waals surface area contributed by atoms with E-state index >= 15 is 0 Å². The van der Waals surface area contributed by atoms with Crippen LogP contribution >= 0.6 is 0 Å². The molecule has 1 heterocycles. The van der Waals surface area contributed by atoms with Crippen molar-refractivity contribution in [3.63, 3.8) is 0 Å². The van der Waals surface area contributed by atoms with Crippen LogP contribution in [0, 0.1) is 5.92 Å². The number of rotatable bonds is 12. The van der Waals surface area contributed by atoms with Gasteiger partial charge in [0.1, 0.15) is 31.0 Å². The van der Waals surface area contributed by atoms with Crippen molar-refractivity contribution in [3.05, 3.63) is 29.8 Å². The summed E-state index contributed by atoms with van der Waals surface area (Å²) in [5, 5.41) is 47.2. The van der Waals surface area contributed by atoms with Crippen molar-refractivity contribution >= 4 is 29.9 Å². The van der Waals surface area contributed by atoms with E-state index in [1.165, 1.54) is 12.1 Å². The topological polar surface area (TPSA) is 213 Å². The van der Waals surface area contributed by atoms with Crippen LogP contribution in [-0.4, -0.2) is 101 Å². The first-order valence-corrected chi connectivity index (χ1v) is 11.4. The molecule has 7 N–H and O–H groups in total. The number of benzene rings is 1. The number of amides is 2. The van der Waals surface area contributed by atoms with Crippen molar-refractivity contribution in [1.29, 1.82) is 0 Å². The highest BCUT2D eigenvalue weighted by molar-refractivity contribution is 5.98. The quantitative estimate of drug-likeness (QED) is 0.146. The maximum atomic E-state index is 13.1. The largest absolute Gasteiger partial charge is 0.479 e. The summed E-state index contributed by atoms with van der Waals surface area (Å²) in [7, 11) is 1.57. The normalized spacial score (nSPS) is 25.5. The van der Waals surface area contributed by atoms with Crippen LogP contribution in [0.3, 0.4) is 0 Å². The molecule has 7 unspecified atom stereocenters. The van der Waals surface area contributed by atoms with E-state index in [1.54, 1.807) is 33.0 Å². The van der Waals surface area contributed by atoms with Gasteiger partial charge >= 0.3 is 5.97 Å². The van der Waals surface area contributed by atoms with E-state index in [0.717, 1.165) is 0 Å². The molecular formula is C23H33N3O11. The number of hydrogen-bond donors (Lipinski definition) is 7. The third-order valence-corrected chi connectivity index (χ3v) is 5.65. The zero-order valence-electron chi connectivity index (χ0n) is 21.5. The number of carbonyl (C=O) groups excluding carboxylic acids is 3. The van der Waals surface area contributed by atoms with Crippen molar-refractivity contribution in [2.24, 2.45) is 5.92 Å². The van der Waals surface area contributed by atoms with Crippen molar-refractivity contribution in [3.8, 4) is 0 Å². The molecule has 0 radical (unpaired) electrons. The Hall–Kier alpha value is -3.14. The molecule has 14 nitrogen and oxygen atoms in total. The average Bonchev–Trinajstić information content (AvgIpc) is 2.85. The second-order valence-corrected chi connectivity index (χ2v) is 8.70. The van der Waals surface area contributed by atoms with Gasteiger partial charge in [0.05, 0.1) is 12.6 Å². The fourth-order valence-electron chi connectivity index (χ4n) is 3.62. The Labute approximate surface area is 214 Å². The summed E-state index contributed by atoms with van der Waals surface area (Å²) in [6, 6.07) is 4.06. The number of carboxylic acid groups (broad SMARTS) is 1. The van der Waals surface area contributed by atoms with Crippen molar-refractivity contribution in [1.82, 2.24) is 10.6 Å². The van der Waals surface area contributed by atoms with E-state index in [4.69, 9.17) is 10.8 Å². The molecule has 1 aromatic carbocycles. The van der Waals surface area contributed by atoms with Crippen LogP contribution in [0.4, 0.5) is 5.69 Å². The van der Waals surface area contributed by atoms with Gasteiger partial charge in [-0.1, -0.05) is 26.0 Å². The van der Waals surface area contributed by atoms with Gasteiger partial charge in [-0.05, 0) is 30.7 Å². The van der Waals surface area contributed by atoms with Gasteiger partial charge in [0.15, 0.2) is 13.8 Å². The number of carboxylic acids is 1. The Bertz CT molecular complexity index is 978. The summed E-state index contributed by atoms with van der Waals surface area (Å²) >= 11 is 0. The lowest BCUT2D eigenvalue weighted by Gasteiger charge is -2.38. The van der Waals surface area contributed by atoms with Gasteiger partial charge in [0.25, 0.3) is 6.45 Å². The van der Waals surface area contributed by atoms with Crippen molar-refractivity contribution < 1.29 is 55.2 Å². The minimum atomic E-state index is -1.92. The van der Waals surface area contributed by atoms with Gasteiger partial charge < -0.3 is 50.6 Å². The van der Waals surface area contributed by atoms with Gasteiger partial charge in [0.2, 0.25) is 11.8 Å². The third kappa shape index (κ3) is 8.18. The van der Waals surface area contributed by atoms with E-state index in [0.29, 0.717) is 11.3 Å². The van der Waals surface area contributed by atoms with Crippen LogP contribution in [0.5, 0.6) is 0 Å². The van der Waals surface area contributed by atoms with E-state index in [9.17, 15) is 39.6 Å². The fourth-order valence-corrected chi connectivity index (χ4v) is 3.62. The van der Waals surface area contributed by atoms with Gasteiger partial charge in [-0.3, -0.25) is 14.4 Å². The number of hydrogen-bond acceptors (Lipinski definition) is 11. The zero-order chi connectivity index (χ0) is 28.6. The Kier molecular flexibility index (Phi) is 10.7. The number of anilines is 1. The summed E-state index contributed by atoms with van der Waals surface area (Å²) in [4.78, 5) is 47.8. The number of aliphatic hydroxyl groups excluding tert-OH is 3. The third-order valence-electron chi connectivity index (χ3n) is 5.65. The summed E-state index contributed by atoms with van der Waals surface area (Å²) in [5.74, 6) is -3.02. The number of ether oxygens (including phenoxy) is 3. The lowest BCUT2D eigenvalue weighted by molar-refractivity contribution is -0.294. The lowest BCUT2D eigenvalue weighted by atomic mass is 9.99. The Morgan fingerprint density at radius 1 is 1.11 bits per heavy atom. The molecule has 1 aliphatic heterocycles. The van der Waals surface area contributed by atoms with Crippen LogP contribution in [-0.2, 0) is 40.0 Å². The van der Waals surface area contributed by atoms with Crippen LogP contribution in [0.15, 0.2) is 24.3 Å². The average molecular weight is 529 g/mol. The Morgan fingerprint density at radius 2 is 1.76 bits per heavy atom. The highest BCUT2D eigenvalue weighted by atomic mass is 16.7. The molecule has 0 saturated carbocycles. The highest BCUT2D eigenvalue weighted by Gasteiger charge is 2.47. The molecule has 206 valence electrons. The monoisotopic (exact) mass is 528 g/mol. The second kappa shape index (κ2) is 14.0. The molecule has 1 aliphatic rings. The first-order valence-electron chi connectivity index (χ1n) is 11.9. The summed E-state index contributed by atoms with van der Waals surface area (Å²) in [5.41, 5.74) is 0.866. The fraction of sp³-hybridized carbons (Fsp3) is 0.565. The van der Waals surface area contributed by atoms with E-state index in [1.807, 2.05) is 0 Å². The standard InChI is InChI=1S/C23H33N3O11/c1-11(2)15(24-3)21(32)26-14(20(31)25-13-6-4-12(5-7-13)8-35-10-27)9-36-23-18(30)16(28)17(29)19(37-23)22(33)34/h4-7,10-11,14-19,23-24,28-30H,8-9H2,1-3H3,(H,25,31)(H,26,32)(H,33,34)/i10D. The van der Waals surface area contributed by atoms with Crippen LogP contribution in [0.25, 0.3) is 0 Å². The maximum Gasteiger partial charge on any atom is 0.335 e. The Morgan fingerprint density at radius 3 is 2.30 bits per heavy atom. The molecule has 1 saturated heterocycles. The molecule has 2 amide bonds.